The molecule has 0 spiro atoms. The number of methoxy groups -OCH3 is 1. The van der Waals surface area contributed by atoms with Gasteiger partial charge < -0.3 is 9.47 Å². The van der Waals surface area contributed by atoms with Crippen LogP contribution in [-0.2, 0) is 16.0 Å². The zero-order chi connectivity index (χ0) is 11.3. The minimum absolute atomic E-state index is 0.114. The third-order valence-corrected chi connectivity index (χ3v) is 1.75. The first kappa shape index (κ1) is 11.4. The molecule has 15 heavy (non-hydrogen) atoms. The lowest BCUT2D eigenvalue weighted by Crippen LogP contribution is -2.09. The van der Waals surface area contributed by atoms with E-state index < -0.39 is 11.8 Å². The minimum Gasteiger partial charge on any atom is -0.481 e. The van der Waals surface area contributed by atoms with Crippen molar-refractivity contribution in [2.24, 2.45) is 0 Å². The van der Waals surface area contributed by atoms with Gasteiger partial charge in [-0.2, -0.15) is 0 Å². The maximum Gasteiger partial charge on any atom is 0.310 e. The summed E-state index contributed by atoms with van der Waals surface area (Å²) in [5, 5.41) is 0. The van der Waals surface area contributed by atoms with Gasteiger partial charge in [-0.1, -0.05) is 0 Å². The second kappa shape index (κ2) is 5.29. The fourth-order valence-corrected chi connectivity index (χ4v) is 1.05. The normalized spacial score (nSPS) is 9.80. The monoisotopic (exact) mass is 213 g/mol. The summed E-state index contributed by atoms with van der Waals surface area (Å²) in [6.45, 7) is 1.98. The van der Waals surface area contributed by atoms with Crippen molar-refractivity contribution >= 4 is 5.97 Å². The molecule has 0 N–H and O–H groups in total. The Balaban J connectivity index is 2.73. The molecule has 1 aromatic rings. The van der Waals surface area contributed by atoms with E-state index in [1.54, 1.807) is 6.92 Å². The van der Waals surface area contributed by atoms with E-state index in [2.05, 4.69) is 4.98 Å². The Labute approximate surface area is 87.0 Å². The second-order valence-electron chi connectivity index (χ2n) is 2.80. The third-order valence-electron chi connectivity index (χ3n) is 1.75. The number of carbonyl (C=O) groups is 1. The lowest BCUT2D eigenvalue weighted by Gasteiger charge is -2.04. The van der Waals surface area contributed by atoms with Gasteiger partial charge in [0.25, 0.3) is 0 Å². The lowest BCUT2D eigenvalue weighted by atomic mass is 10.2. The quantitative estimate of drug-likeness (QED) is 0.708. The summed E-state index contributed by atoms with van der Waals surface area (Å²) >= 11 is 0. The number of carbonyl (C=O) groups excluding carboxylic acids is 1. The maximum atomic E-state index is 13.3. The topological polar surface area (TPSA) is 48.4 Å². The Morgan fingerprint density at radius 1 is 1.60 bits per heavy atom. The molecule has 0 fully saturated rings. The predicted molar refractivity (Wildman–Crippen MR) is 51.1 cm³/mol. The smallest absolute Gasteiger partial charge is 0.310 e. The van der Waals surface area contributed by atoms with Crippen molar-refractivity contribution in [1.82, 2.24) is 4.98 Å². The highest BCUT2D eigenvalue weighted by atomic mass is 19.1. The maximum absolute atomic E-state index is 13.3. The van der Waals surface area contributed by atoms with Gasteiger partial charge in [0.2, 0.25) is 5.88 Å². The molecule has 82 valence electrons. The molecule has 0 saturated carbocycles. The lowest BCUT2D eigenvalue weighted by molar-refractivity contribution is -0.142. The molecule has 1 heterocycles. The molecule has 0 radical (unpaired) electrons. The molecule has 0 unspecified atom stereocenters. The Kier molecular flexibility index (Phi) is 4.03. The number of nitrogens with zero attached hydrogens (tertiary/aromatic N) is 1. The van der Waals surface area contributed by atoms with Gasteiger partial charge in [-0.3, -0.25) is 4.79 Å². The van der Waals surface area contributed by atoms with E-state index in [0.717, 1.165) is 6.07 Å². The van der Waals surface area contributed by atoms with Crippen LogP contribution in [0.25, 0.3) is 0 Å². The predicted octanol–water partition coefficient (Wildman–Crippen LogP) is 1.33. The number of aromatic nitrogens is 1. The Hall–Kier alpha value is -1.65. The van der Waals surface area contributed by atoms with Crippen LogP contribution < -0.4 is 4.74 Å². The number of esters is 1. The summed E-state index contributed by atoms with van der Waals surface area (Å²) in [5.41, 5.74) is 0.203. The molecular formula is C10H12FNO3. The molecule has 0 amide bonds. The van der Waals surface area contributed by atoms with Crippen molar-refractivity contribution in [3.63, 3.8) is 0 Å². The fourth-order valence-electron chi connectivity index (χ4n) is 1.05. The molecule has 5 heteroatoms. The van der Waals surface area contributed by atoms with E-state index in [0.29, 0.717) is 0 Å². The van der Waals surface area contributed by atoms with Crippen LogP contribution in [0.15, 0.2) is 12.3 Å². The zero-order valence-corrected chi connectivity index (χ0v) is 8.62. The Morgan fingerprint density at radius 3 is 2.87 bits per heavy atom. The van der Waals surface area contributed by atoms with Crippen molar-refractivity contribution in [2.75, 3.05) is 13.7 Å². The summed E-state index contributed by atoms with van der Waals surface area (Å²) in [6.07, 6.45) is 1.15. The molecule has 0 bridgehead atoms. The molecular weight excluding hydrogens is 201 g/mol. The zero-order valence-electron chi connectivity index (χ0n) is 8.62. The summed E-state index contributed by atoms with van der Waals surface area (Å²) in [7, 11) is 1.40. The number of hydrogen-bond acceptors (Lipinski definition) is 4. The van der Waals surface area contributed by atoms with Crippen LogP contribution in [0, 0.1) is 5.82 Å². The van der Waals surface area contributed by atoms with E-state index in [-0.39, 0.29) is 24.5 Å². The molecule has 0 atom stereocenters. The van der Waals surface area contributed by atoms with E-state index >= 15 is 0 Å². The van der Waals surface area contributed by atoms with Crippen molar-refractivity contribution in [3.05, 3.63) is 23.6 Å². The van der Waals surface area contributed by atoms with Gasteiger partial charge in [-0.05, 0) is 6.92 Å². The number of pyridine rings is 1. The van der Waals surface area contributed by atoms with Gasteiger partial charge in [-0.15, -0.1) is 0 Å². The van der Waals surface area contributed by atoms with Gasteiger partial charge in [0.05, 0.1) is 20.1 Å². The SMILES string of the molecule is CCOC(=O)Cc1cnc(OC)cc1F. The summed E-state index contributed by atoms with van der Waals surface area (Å²) in [6, 6.07) is 1.13. The summed E-state index contributed by atoms with van der Waals surface area (Å²) in [5.74, 6) is -0.807. The molecule has 0 aliphatic heterocycles. The van der Waals surface area contributed by atoms with E-state index in [4.69, 9.17) is 9.47 Å². The molecule has 0 aliphatic rings. The Bertz CT molecular complexity index is 355. The highest BCUT2D eigenvalue weighted by Gasteiger charge is 2.10. The van der Waals surface area contributed by atoms with Gasteiger partial charge in [0.15, 0.2) is 0 Å². The van der Waals surface area contributed by atoms with E-state index in [9.17, 15) is 9.18 Å². The van der Waals surface area contributed by atoms with Crippen molar-refractivity contribution in [1.29, 1.82) is 0 Å². The van der Waals surface area contributed by atoms with Crippen LogP contribution in [0.1, 0.15) is 12.5 Å². The fraction of sp³-hybridized carbons (Fsp3) is 0.400. The first-order chi connectivity index (χ1) is 7.17. The Morgan fingerprint density at radius 2 is 2.33 bits per heavy atom. The van der Waals surface area contributed by atoms with Crippen molar-refractivity contribution in [2.45, 2.75) is 13.3 Å². The van der Waals surface area contributed by atoms with E-state index in [1.807, 2.05) is 0 Å². The molecule has 1 rings (SSSR count). The molecule has 4 nitrogen and oxygen atoms in total. The van der Waals surface area contributed by atoms with Crippen LogP contribution >= 0.6 is 0 Å². The first-order valence-electron chi connectivity index (χ1n) is 4.51. The van der Waals surface area contributed by atoms with E-state index in [1.165, 1.54) is 13.3 Å². The third kappa shape index (κ3) is 3.19. The number of ether oxygens (including phenoxy) is 2. The largest absolute Gasteiger partial charge is 0.481 e. The first-order valence-corrected chi connectivity index (χ1v) is 4.51. The standard InChI is InChI=1S/C10H12FNO3/c1-3-15-10(13)4-7-6-12-9(14-2)5-8(7)11/h5-6H,3-4H2,1-2H3. The number of rotatable bonds is 4. The van der Waals surface area contributed by atoms with Gasteiger partial charge in [0.1, 0.15) is 5.82 Å². The molecule has 0 aromatic carbocycles. The summed E-state index contributed by atoms with van der Waals surface area (Å²) in [4.78, 5) is 14.9. The second-order valence-corrected chi connectivity index (χ2v) is 2.80. The minimum atomic E-state index is -0.519. The van der Waals surface area contributed by atoms with Gasteiger partial charge in [-0.25, -0.2) is 9.37 Å². The number of halogens is 1. The van der Waals surface area contributed by atoms with Crippen LogP contribution in [0.5, 0.6) is 5.88 Å². The molecule has 1 aromatic heterocycles. The van der Waals surface area contributed by atoms with Gasteiger partial charge >= 0.3 is 5.97 Å². The number of hydrogen-bond donors (Lipinski definition) is 0. The van der Waals surface area contributed by atoms with Crippen molar-refractivity contribution < 1.29 is 18.7 Å². The van der Waals surface area contributed by atoms with Crippen LogP contribution in [-0.4, -0.2) is 24.7 Å². The average molecular weight is 213 g/mol. The highest BCUT2D eigenvalue weighted by molar-refractivity contribution is 5.72. The van der Waals surface area contributed by atoms with Crippen LogP contribution in [0.2, 0.25) is 0 Å². The van der Waals surface area contributed by atoms with Crippen LogP contribution in [0.4, 0.5) is 4.39 Å². The van der Waals surface area contributed by atoms with Crippen LogP contribution in [0.3, 0.4) is 0 Å². The summed E-state index contributed by atoms with van der Waals surface area (Å²) < 4.78 is 22.7. The average Bonchev–Trinajstić information content (AvgIpc) is 2.21. The molecule has 0 saturated heterocycles. The highest BCUT2D eigenvalue weighted by Crippen LogP contribution is 2.13. The molecule has 0 aliphatic carbocycles. The van der Waals surface area contributed by atoms with Crippen molar-refractivity contribution in [3.8, 4) is 5.88 Å². The van der Waals surface area contributed by atoms with Gasteiger partial charge in [0, 0.05) is 17.8 Å².